The summed E-state index contributed by atoms with van der Waals surface area (Å²) >= 11 is 0. The minimum Gasteiger partial charge on any atom is -0.366 e. The van der Waals surface area contributed by atoms with Gasteiger partial charge in [0, 0.05) is 18.9 Å². The molecule has 0 aliphatic carbocycles. The minimum atomic E-state index is 0.635. The van der Waals surface area contributed by atoms with Crippen molar-refractivity contribution in [1.29, 1.82) is 0 Å². The second-order valence-electron chi connectivity index (χ2n) is 3.27. The third-order valence-electron chi connectivity index (χ3n) is 2.09. The monoisotopic (exact) mass is 215 g/mol. The van der Waals surface area contributed by atoms with Gasteiger partial charge in [0.05, 0.1) is 0 Å². The van der Waals surface area contributed by atoms with Gasteiger partial charge in [0.1, 0.15) is 11.6 Å². The number of nitrogens with two attached hydrogens (primary N) is 1. The molecule has 2 aromatic rings. The lowest BCUT2D eigenvalue weighted by Crippen LogP contribution is -2.09. The Morgan fingerprint density at radius 3 is 2.75 bits per heavy atom. The molecular formula is C11H13N5. The van der Waals surface area contributed by atoms with Gasteiger partial charge in [0.15, 0.2) is 0 Å². The van der Waals surface area contributed by atoms with Gasteiger partial charge >= 0.3 is 0 Å². The zero-order valence-electron chi connectivity index (χ0n) is 8.72. The maximum Gasteiger partial charge on any atom is 0.142 e. The summed E-state index contributed by atoms with van der Waals surface area (Å²) in [7, 11) is 0. The molecule has 5 nitrogen and oxygen atoms in total. The van der Waals surface area contributed by atoms with Gasteiger partial charge in [-0.1, -0.05) is 12.1 Å². The number of hydrogen-bond acceptors (Lipinski definition) is 5. The van der Waals surface area contributed by atoms with Crippen molar-refractivity contribution in [3.05, 3.63) is 48.3 Å². The SMILES string of the molecule is NNc1cccc(NCc2cccnc2)n1. The first kappa shape index (κ1) is 10.4. The lowest BCUT2D eigenvalue weighted by Gasteiger charge is -2.06. The normalized spacial score (nSPS) is 9.81. The van der Waals surface area contributed by atoms with Crippen LogP contribution in [0.2, 0.25) is 0 Å². The van der Waals surface area contributed by atoms with Crippen molar-refractivity contribution in [2.75, 3.05) is 10.7 Å². The molecule has 0 atom stereocenters. The Kier molecular flexibility index (Phi) is 3.30. The van der Waals surface area contributed by atoms with Crippen molar-refractivity contribution in [2.24, 2.45) is 5.84 Å². The fraction of sp³-hybridized carbons (Fsp3) is 0.0909. The van der Waals surface area contributed by atoms with E-state index in [4.69, 9.17) is 5.84 Å². The maximum atomic E-state index is 5.28. The number of hydrazine groups is 1. The van der Waals surface area contributed by atoms with Gasteiger partial charge in [-0.2, -0.15) is 0 Å². The molecule has 0 saturated carbocycles. The van der Waals surface area contributed by atoms with Gasteiger partial charge in [-0.25, -0.2) is 10.8 Å². The number of anilines is 2. The molecule has 0 amide bonds. The second-order valence-corrected chi connectivity index (χ2v) is 3.27. The van der Waals surface area contributed by atoms with Crippen LogP contribution in [0.15, 0.2) is 42.7 Å². The molecule has 0 spiro atoms. The first-order chi connectivity index (χ1) is 7.88. The van der Waals surface area contributed by atoms with Gasteiger partial charge in [0.2, 0.25) is 0 Å². The first-order valence-electron chi connectivity index (χ1n) is 4.95. The Morgan fingerprint density at radius 1 is 1.12 bits per heavy atom. The van der Waals surface area contributed by atoms with Crippen molar-refractivity contribution < 1.29 is 0 Å². The van der Waals surface area contributed by atoms with Crippen LogP contribution in [-0.4, -0.2) is 9.97 Å². The van der Waals surface area contributed by atoms with Crippen LogP contribution in [0, 0.1) is 0 Å². The van der Waals surface area contributed by atoms with E-state index in [0.29, 0.717) is 12.4 Å². The number of nitrogen functional groups attached to an aromatic ring is 1. The van der Waals surface area contributed by atoms with Gasteiger partial charge in [-0.3, -0.25) is 4.98 Å². The summed E-state index contributed by atoms with van der Waals surface area (Å²) in [6.45, 7) is 0.689. The van der Waals surface area contributed by atoms with Crippen LogP contribution in [-0.2, 0) is 6.54 Å². The zero-order valence-corrected chi connectivity index (χ0v) is 8.72. The molecule has 0 aromatic carbocycles. The summed E-state index contributed by atoms with van der Waals surface area (Å²) in [5, 5.41) is 3.19. The van der Waals surface area contributed by atoms with E-state index in [0.717, 1.165) is 11.4 Å². The van der Waals surface area contributed by atoms with Gasteiger partial charge < -0.3 is 10.7 Å². The molecule has 0 fully saturated rings. The predicted molar refractivity (Wildman–Crippen MR) is 63.6 cm³/mol. The molecule has 2 rings (SSSR count). The molecule has 0 saturated heterocycles. The van der Waals surface area contributed by atoms with Gasteiger partial charge in [-0.05, 0) is 23.8 Å². The lowest BCUT2D eigenvalue weighted by molar-refractivity contribution is 1.08. The average molecular weight is 215 g/mol. The molecule has 0 aliphatic heterocycles. The third kappa shape index (κ3) is 2.68. The van der Waals surface area contributed by atoms with E-state index in [2.05, 4.69) is 20.7 Å². The Morgan fingerprint density at radius 2 is 2.00 bits per heavy atom. The van der Waals surface area contributed by atoms with Crippen LogP contribution in [0.25, 0.3) is 0 Å². The van der Waals surface area contributed by atoms with E-state index in [1.54, 1.807) is 12.3 Å². The second kappa shape index (κ2) is 5.09. The third-order valence-corrected chi connectivity index (χ3v) is 2.09. The number of hydrogen-bond donors (Lipinski definition) is 3. The molecule has 16 heavy (non-hydrogen) atoms. The number of nitrogens with zero attached hydrogens (tertiary/aromatic N) is 2. The van der Waals surface area contributed by atoms with Crippen molar-refractivity contribution in [1.82, 2.24) is 9.97 Å². The molecule has 82 valence electrons. The Hall–Kier alpha value is -2.14. The first-order valence-corrected chi connectivity index (χ1v) is 4.95. The van der Waals surface area contributed by atoms with Crippen LogP contribution in [0.4, 0.5) is 11.6 Å². The highest BCUT2D eigenvalue weighted by atomic mass is 15.3. The number of aromatic nitrogens is 2. The van der Waals surface area contributed by atoms with Crippen LogP contribution < -0.4 is 16.6 Å². The zero-order chi connectivity index (χ0) is 11.2. The number of nitrogens with one attached hydrogen (secondary N) is 2. The van der Waals surface area contributed by atoms with E-state index >= 15 is 0 Å². The molecule has 0 aliphatic rings. The standard InChI is InChI=1S/C11H13N5/c12-16-11-5-1-4-10(15-11)14-8-9-3-2-6-13-7-9/h1-7H,8,12H2,(H2,14,15,16). The van der Waals surface area contributed by atoms with Crippen molar-refractivity contribution in [2.45, 2.75) is 6.54 Å². The quantitative estimate of drug-likeness (QED) is 0.530. The van der Waals surface area contributed by atoms with Crippen molar-refractivity contribution >= 4 is 11.6 Å². The Balaban J connectivity index is 1.99. The smallest absolute Gasteiger partial charge is 0.142 e. The lowest BCUT2D eigenvalue weighted by atomic mass is 10.3. The van der Waals surface area contributed by atoms with Crippen molar-refractivity contribution in [3.63, 3.8) is 0 Å². The molecule has 0 unspecified atom stereocenters. The number of pyridine rings is 2. The van der Waals surface area contributed by atoms with Crippen LogP contribution in [0.3, 0.4) is 0 Å². The maximum absolute atomic E-state index is 5.28. The van der Waals surface area contributed by atoms with Gasteiger partial charge in [0.25, 0.3) is 0 Å². The van der Waals surface area contributed by atoms with Crippen LogP contribution >= 0.6 is 0 Å². The highest BCUT2D eigenvalue weighted by Gasteiger charge is 1.96. The summed E-state index contributed by atoms with van der Waals surface area (Å²) < 4.78 is 0. The molecule has 2 heterocycles. The topological polar surface area (TPSA) is 75.9 Å². The molecular weight excluding hydrogens is 202 g/mol. The van der Waals surface area contributed by atoms with Crippen LogP contribution in [0.5, 0.6) is 0 Å². The predicted octanol–water partition coefficient (Wildman–Crippen LogP) is 1.37. The van der Waals surface area contributed by atoms with E-state index in [1.165, 1.54) is 0 Å². The summed E-state index contributed by atoms with van der Waals surface area (Å²) in [4.78, 5) is 8.28. The van der Waals surface area contributed by atoms with E-state index in [-0.39, 0.29) is 0 Å². The fourth-order valence-electron chi connectivity index (χ4n) is 1.31. The molecule has 4 N–H and O–H groups in total. The van der Waals surface area contributed by atoms with E-state index < -0.39 is 0 Å². The molecule has 0 bridgehead atoms. The van der Waals surface area contributed by atoms with Crippen LogP contribution in [0.1, 0.15) is 5.56 Å². The van der Waals surface area contributed by atoms with E-state index in [9.17, 15) is 0 Å². The summed E-state index contributed by atoms with van der Waals surface area (Å²) in [5.74, 6) is 6.69. The Bertz CT molecular complexity index is 443. The van der Waals surface area contributed by atoms with Gasteiger partial charge in [-0.15, -0.1) is 0 Å². The highest BCUT2D eigenvalue weighted by Crippen LogP contribution is 2.09. The summed E-state index contributed by atoms with van der Waals surface area (Å²) in [5.41, 5.74) is 3.61. The largest absolute Gasteiger partial charge is 0.366 e. The average Bonchev–Trinajstić information content (AvgIpc) is 2.38. The fourth-order valence-corrected chi connectivity index (χ4v) is 1.31. The molecule has 5 heteroatoms. The molecule has 0 radical (unpaired) electrons. The van der Waals surface area contributed by atoms with Crippen molar-refractivity contribution in [3.8, 4) is 0 Å². The summed E-state index contributed by atoms with van der Waals surface area (Å²) in [6.07, 6.45) is 3.57. The summed E-state index contributed by atoms with van der Waals surface area (Å²) in [6, 6.07) is 9.48. The number of rotatable bonds is 4. The minimum absolute atomic E-state index is 0.635. The van der Waals surface area contributed by atoms with E-state index in [1.807, 2.05) is 30.5 Å². The Labute approximate surface area is 93.7 Å². The molecule has 2 aromatic heterocycles. The highest BCUT2D eigenvalue weighted by molar-refractivity contribution is 5.44.